The molecule has 0 saturated carbocycles. The van der Waals surface area contributed by atoms with E-state index in [1.54, 1.807) is 17.7 Å². The van der Waals surface area contributed by atoms with E-state index in [0.29, 0.717) is 28.9 Å². The number of aromatic nitrogens is 2. The Labute approximate surface area is 185 Å². The highest BCUT2D eigenvalue weighted by molar-refractivity contribution is 7.99. The number of thioether (sulfide) groups is 1. The first-order valence-electron chi connectivity index (χ1n) is 9.98. The molecule has 7 heteroatoms. The van der Waals surface area contributed by atoms with Crippen molar-refractivity contribution in [1.82, 2.24) is 9.55 Å². The fraction of sp³-hybridized carbons (Fsp3) is 0.208. The molecule has 2 heterocycles. The van der Waals surface area contributed by atoms with Crippen LogP contribution in [0.5, 0.6) is 5.75 Å². The van der Waals surface area contributed by atoms with Crippen LogP contribution in [0.15, 0.2) is 77.2 Å². The largest absolute Gasteiger partial charge is 0.489 e. The lowest BCUT2D eigenvalue weighted by Crippen LogP contribution is -2.33. The van der Waals surface area contributed by atoms with E-state index in [2.05, 4.69) is 16.9 Å². The van der Waals surface area contributed by atoms with Crippen molar-refractivity contribution in [2.75, 3.05) is 11.1 Å². The monoisotopic (exact) mass is 433 g/mol. The van der Waals surface area contributed by atoms with Crippen LogP contribution in [0.2, 0.25) is 0 Å². The molecule has 1 atom stereocenters. The maximum atomic E-state index is 12.9. The Balaban J connectivity index is 1.60. The zero-order valence-corrected chi connectivity index (χ0v) is 18.0. The van der Waals surface area contributed by atoms with Crippen molar-refractivity contribution in [3.8, 4) is 5.75 Å². The van der Waals surface area contributed by atoms with Gasteiger partial charge in [0.2, 0.25) is 5.91 Å². The second-order valence-corrected chi connectivity index (χ2v) is 8.26. The Morgan fingerprint density at radius 1 is 1.19 bits per heavy atom. The lowest BCUT2D eigenvalue weighted by atomic mass is 9.87. The van der Waals surface area contributed by atoms with Crippen molar-refractivity contribution >= 4 is 23.5 Å². The van der Waals surface area contributed by atoms with Crippen LogP contribution < -0.4 is 15.6 Å². The van der Waals surface area contributed by atoms with E-state index < -0.39 is 0 Å². The molecular weight excluding hydrogens is 410 g/mol. The fourth-order valence-corrected chi connectivity index (χ4v) is 4.32. The minimum atomic E-state index is -0.350. The van der Waals surface area contributed by atoms with Crippen LogP contribution in [0.4, 0.5) is 5.82 Å². The summed E-state index contributed by atoms with van der Waals surface area (Å²) in [5, 5.41) is 3.41. The fourth-order valence-electron chi connectivity index (χ4n) is 3.62. The molecule has 1 aromatic heterocycles. The number of nitrogens with one attached hydrogen (secondary N) is 1. The minimum absolute atomic E-state index is 0.122. The summed E-state index contributed by atoms with van der Waals surface area (Å²) in [7, 11) is 1.81. The number of hydrogen-bond donors (Lipinski definition) is 1. The second-order valence-electron chi connectivity index (χ2n) is 7.27. The lowest BCUT2D eigenvalue weighted by molar-refractivity contribution is -0.116. The first-order valence-corrected chi connectivity index (χ1v) is 11.0. The van der Waals surface area contributed by atoms with Crippen molar-refractivity contribution in [2.24, 2.45) is 7.05 Å². The average molecular weight is 434 g/mol. The van der Waals surface area contributed by atoms with Crippen LogP contribution in [0.3, 0.4) is 0 Å². The highest BCUT2D eigenvalue weighted by Gasteiger charge is 2.32. The van der Waals surface area contributed by atoms with E-state index in [9.17, 15) is 9.59 Å². The van der Waals surface area contributed by atoms with Gasteiger partial charge in [-0.25, -0.2) is 0 Å². The molecule has 158 valence electrons. The number of fused-ring (bicyclic) bond motifs is 1. The van der Waals surface area contributed by atoms with Crippen molar-refractivity contribution in [3.05, 3.63) is 94.3 Å². The zero-order chi connectivity index (χ0) is 21.8. The molecular formula is C24H23N3O3S. The van der Waals surface area contributed by atoms with Crippen LogP contribution >= 0.6 is 11.8 Å². The molecule has 0 spiro atoms. The number of hydrogen-bond acceptors (Lipinski definition) is 5. The van der Waals surface area contributed by atoms with E-state index in [1.165, 1.54) is 11.8 Å². The molecule has 0 bridgehead atoms. The summed E-state index contributed by atoms with van der Waals surface area (Å²) in [6, 6.07) is 17.5. The molecule has 4 rings (SSSR count). The molecule has 2 aromatic carbocycles. The summed E-state index contributed by atoms with van der Waals surface area (Å²) in [5.74, 6) is 1.40. The van der Waals surface area contributed by atoms with Crippen molar-refractivity contribution in [3.63, 3.8) is 0 Å². The third-order valence-electron chi connectivity index (χ3n) is 5.16. The lowest BCUT2D eigenvalue weighted by Gasteiger charge is -2.27. The first-order chi connectivity index (χ1) is 15.1. The van der Waals surface area contributed by atoms with Crippen molar-refractivity contribution in [2.45, 2.75) is 24.1 Å². The smallest absolute Gasteiger partial charge is 0.279 e. The van der Waals surface area contributed by atoms with E-state index in [1.807, 2.05) is 54.6 Å². The average Bonchev–Trinajstić information content (AvgIpc) is 2.79. The number of rotatable bonds is 7. The van der Waals surface area contributed by atoms with Gasteiger partial charge in [0, 0.05) is 25.1 Å². The molecule has 1 amide bonds. The van der Waals surface area contributed by atoms with Crippen LogP contribution in [0.25, 0.3) is 0 Å². The molecule has 0 fully saturated rings. The van der Waals surface area contributed by atoms with Gasteiger partial charge in [0.05, 0.1) is 5.56 Å². The van der Waals surface area contributed by atoms with Gasteiger partial charge in [-0.1, -0.05) is 60.3 Å². The number of nitrogens with zero attached hydrogens (tertiary/aromatic N) is 2. The SMILES string of the molecule is C=CCSc1nc(=O)c2c(n1C)NC(=O)C[C@@H]2c1ccc(OCc2ccccc2)cc1. The van der Waals surface area contributed by atoms with Crippen LogP contribution in [0, 0.1) is 0 Å². The van der Waals surface area contributed by atoms with E-state index in [4.69, 9.17) is 4.74 Å². The number of amides is 1. The van der Waals surface area contributed by atoms with Gasteiger partial charge in [-0.05, 0) is 23.3 Å². The summed E-state index contributed by atoms with van der Waals surface area (Å²) in [5.41, 5.74) is 2.18. The Kier molecular flexibility index (Phi) is 6.23. The zero-order valence-electron chi connectivity index (χ0n) is 17.2. The molecule has 0 aliphatic carbocycles. The molecule has 1 N–H and O–H groups in total. The molecule has 0 unspecified atom stereocenters. The van der Waals surface area contributed by atoms with Crippen LogP contribution in [-0.4, -0.2) is 21.2 Å². The van der Waals surface area contributed by atoms with Crippen molar-refractivity contribution < 1.29 is 9.53 Å². The van der Waals surface area contributed by atoms with Gasteiger partial charge in [-0.2, -0.15) is 4.98 Å². The van der Waals surface area contributed by atoms with Gasteiger partial charge in [-0.3, -0.25) is 9.59 Å². The summed E-state index contributed by atoms with van der Waals surface area (Å²) >= 11 is 1.40. The Hall–Kier alpha value is -3.32. The summed E-state index contributed by atoms with van der Waals surface area (Å²) in [4.78, 5) is 29.6. The van der Waals surface area contributed by atoms with Gasteiger partial charge in [0.1, 0.15) is 18.2 Å². The normalized spacial score (nSPS) is 15.1. The molecule has 1 aliphatic heterocycles. The predicted octanol–water partition coefficient (Wildman–Crippen LogP) is 4.11. The van der Waals surface area contributed by atoms with E-state index in [0.717, 1.165) is 16.9 Å². The van der Waals surface area contributed by atoms with Crippen LogP contribution in [-0.2, 0) is 18.4 Å². The predicted molar refractivity (Wildman–Crippen MR) is 123 cm³/mol. The molecule has 0 radical (unpaired) electrons. The quantitative estimate of drug-likeness (QED) is 0.345. The topological polar surface area (TPSA) is 73.2 Å². The standard InChI is InChI=1S/C24H23N3O3S/c1-3-13-31-24-26-23(29)21-19(14-20(28)25-22(21)27(24)2)17-9-11-18(12-10-17)30-15-16-7-5-4-6-8-16/h3-12,19H,1,13-15H2,2H3,(H,25,28)/t19-/m1/s1. The summed E-state index contributed by atoms with van der Waals surface area (Å²) < 4.78 is 7.62. The molecule has 6 nitrogen and oxygen atoms in total. The van der Waals surface area contributed by atoms with Gasteiger partial charge in [0.25, 0.3) is 5.56 Å². The first kappa shape index (κ1) is 20.9. The number of anilines is 1. The highest BCUT2D eigenvalue weighted by atomic mass is 32.2. The number of carbonyl (C=O) groups is 1. The van der Waals surface area contributed by atoms with E-state index >= 15 is 0 Å². The number of ether oxygens (including phenoxy) is 1. The van der Waals surface area contributed by atoms with Crippen molar-refractivity contribution in [1.29, 1.82) is 0 Å². The summed E-state index contributed by atoms with van der Waals surface area (Å²) in [6.45, 7) is 4.18. The second kappa shape index (κ2) is 9.22. The van der Waals surface area contributed by atoms with Gasteiger partial charge in [0.15, 0.2) is 5.16 Å². The van der Waals surface area contributed by atoms with E-state index in [-0.39, 0.29) is 23.8 Å². The summed E-state index contributed by atoms with van der Waals surface area (Å²) in [6.07, 6.45) is 1.95. The molecule has 1 aliphatic rings. The maximum Gasteiger partial charge on any atom is 0.279 e. The highest BCUT2D eigenvalue weighted by Crippen LogP contribution is 2.36. The third-order valence-corrected chi connectivity index (χ3v) is 6.19. The van der Waals surface area contributed by atoms with Gasteiger partial charge >= 0.3 is 0 Å². The Morgan fingerprint density at radius 3 is 2.65 bits per heavy atom. The molecule has 0 saturated heterocycles. The number of benzene rings is 2. The number of carbonyl (C=O) groups excluding carboxylic acids is 1. The van der Waals surface area contributed by atoms with Crippen LogP contribution in [0.1, 0.15) is 29.0 Å². The third kappa shape index (κ3) is 4.56. The Morgan fingerprint density at radius 2 is 1.94 bits per heavy atom. The van der Waals surface area contributed by atoms with Gasteiger partial charge < -0.3 is 14.6 Å². The minimum Gasteiger partial charge on any atom is -0.489 e. The molecule has 31 heavy (non-hydrogen) atoms. The molecule has 3 aromatic rings. The van der Waals surface area contributed by atoms with Gasteiger partial charge in [-0.15, -0.1) is 6.58 Å². The Bertz CT molecular complexity index is 1160. The maximum absolute atomic E-state index is 12.9.